The van der Waals surface area contributed by atoms with Crippen molar-refractivity contribution in [1.82, 2.24) is 4.98 Å². The quantitative estimate of drug-likeness (QED) is 0.645. The fourth-order valence-electron chi connectivity index (χ4n) is 1.57. The molecule has 16 heavy (non-hydrogen) atoms. The van der Waals surface area contributed by atoms with Crippen LogP contribution in [0.25, 0.3) is 10.9 Å². The van der Waals surface area contributed by atoms with Gasteiger partial charge in [-0.05, 0) is 12.1 Å². The maximum atomic E-state index is 11.4. The van der Waals surface area contributed by atoms with Crippen LogP contribution in [0.2, 0.25) is 5.02 Å². The van der Waals surface area contributed by atoms with Crippen LogP contribution >= 0.6 is 11.6 Å². The van der Waals surface area contributed by atoms with Crippen molar-refractivity contribution in [3.63, 3.8) is 0 Å². The van der Waals surface area contributed by atoms with Crippen molar-refractivity contribution in [2.45, 2.75) is 0 Å². The Kier molecular flexibility index (Phi) is 2.66. The first-order chi connectivity index (χ1) is 7.69. The third-order valence-corrected chi connectivity index (χ3v) is 2.74. The van der Waals surface area contributed by atoms with E-state index in [1.165, 1.54) is 7.11 Å². The molecule has 0 radical (unpaired) electrons. The van der Waals surface area contributed by atoms with Crippen LogP contribution in [0.4, 0.5) is 0 Å². The number of aromatic nitrogens is 1. The molecule has 0 bridgehead atoms. The molecule has 1 N–H and O–H groups in total. The van der Waals surface area contributed by atoms with Crippen LogP contribution in [0.15, 0.2) is 18.3 Å². The summed E-state index contributed by atoms with van der Waals surface area (Å²) in [5.74, 6) is -0.523. The average molecular weight is 238 g/mol. The second kappa shape index (κ2) is 3.98. The zero-order valence-corrected chi connectivity index (χ0v) is 9.17. The van der Waals surface area contributed by atoms with Gasteiger partial charge >= 0.3 is 5.97 Å². The van der Waals surface area contributed by atoms with E-state index in [2.05, 4.69) is 9.72 Å². The fraction of sp³-hybridized carbons (Fsp3) is 0.0909. The third kappa shape index (κ3) is 1.47. The monoisotopic (exact) mass is 237 g/mol. The molecule has 0 aliphatic heterocycles. The van der Waals surface area contributed by atoms with Crippen LogP contribution in [0.5, 0.6) is 0 Å². The van der Waals surface area contributed by atoms with Gasteiger partial charge < -0.3 is 9.72 Å². The van der Waals surface area contributed by atoms with Gasteiger partial charge in [-0.3, -0.25) is 4.79 Å². The molecule has 1 heterocycles. The summed E-state index contributed by atoms with van der Waals surface area (Å²) in [5, 5.41) is 0.771. The van der Waals surface area contributed by atoms with Crippen LogP contribution in [0, 0.1) is 0 Å². The van der Waals surface area contributed by atoms with Crippen molar-refractivity contribution < 1.29 is 14.3 Å². The number of esters is 1. The lowest BCUT2D eigenvalue weighted by atomic mass is 10.1. The number of methoxy groups -OCH3 is 1. The minimum Gasteiger partial charge on any atom is -0.465 e. The molecule has 0 aliphatic rings. The minimum atomic E-state index is -0.523. The topological polar surface area (TPSA) is 59.2 Å². The Morgan fingerprint density at radius 1 is 1.50 bits per heavy atom. The molecule has 82 valence electrons. The van der Waals surface area contributed by atoms with Crippen LogP contribution in [0.1, 0.15) is 20.7 Å². The first kappa shape index (κ1) is 10.7. The van der Waals surface area contributed by atoms with Gasteiger partial charge in [-0.2, -0.15) is 0 Å². The number of hydrogen-bond acceptors (Lipinski definition) is 3. The molecule has 1 aromatic heterocycles. The van der Waals surface area contributed by atoms with Crippen molar-refractivity contribution in [2.24, 2.45) is 0 Å². The van der Waals surface area contributed by atoms with Crippen molar-refractivity contribution >= 4 is 34.8 Å². The standard InChI is InChI=1S/C11H8ClNO3/c1-16-11(15)7-2-3-8-9(10(7)12)6(5-14)4-13-8/h2-5,13H,1H3. The lowest BCUT2D eigenvalue weighted by Crippen LogP contribution is -2.02. The zero-order valence-electron chi connectivity index (χ0n) is 8.41. The first-order valence-electron chi connectivity index (χ1n) is 4.52. The summed E-state index contributed by atoms with van der Waals surface area (Å²) in [6, 6.07) is 3.24. The SMILES string of the molecule is COC(=O)c1ccc2[nH]cc(C=O)c2c1Cl. The number of fused-ring (bicyclic) bond motifs is 1. The number of rotatable bonds is 2. The summed E-state index contributed by atoms with van der Waals surface area (Å²) in [6.07, 6.45) is 2.23. The van der Waals surface area contributed by atoms with Crippen molar-refractivity contribution in [3.8, 4) is 0 Å². The van der Waals surface area contributed by atoms with Crippen molar-refractivity contribution in [1.29, 1.82) is 0 Å². The van der Waals surface area contributed by atoms with E-state index >= 15 is 0 Å². The molecule has 1 aromatic carbocycles. The molecule has 4 nitrogen and oxygen atoms in total. The summed E-state index contributed by atoms with van der Waals surface area (Å²) in [4.78, 5) is 25.1. The Bertz CT molecular complexity index is 574. The number of aldehydes is 1. The smallest absolute Gasteiger partial charge is 0.339 e. The van der Waals surface area contributed by atoms with E-state index in [1.807, 2.05) is 0 Å². The Morgan fingerprint density at radius 2 is 2.25 bits per heavy atom. The van der Waals surface area contributed by atoms with Crippen LogP contribution in [-0.4, -0.2) is 24.3 Å². The molecule has 0 unspecified atom stereocenters. The highest BCUT2D eigenvalue weighted by molar-refractivity contribution is 6.39. The lowest BCUT2D eigenvalue weighted by molar-refractivity contribution is 0.0601. The Labute approximate surface area is 96.2 Å². The molecule has 5 heteroatoms. The zero-order chi connectivity index (χ0) is 11.7. The number of aromatic amines is 1. The highest BCUT2D eigenvalue weighted by Crippen LogP contribution is 2.29. The number of ether oxygens (including phenoxy) is 1. The number of carbonyl (C=O) groups is 2. The van der Waals surface area contributed by atoms with Crippen LogP contribution < -0.4 is 0 Å². The van der Waals surface area contributed by atoms with Gasteiger partial charge in [0.2, 0.25) is 0 Å². The Balaban J connectivity index is 2.76. The molecule has 0 atom stereocenters. The number of nitrogens with one attached hydrogen (secondary N) is 1. The second-order valence-electron chi connectivity index (χ2n) is 3.20. The molecule has 0 saturated carbocycles. The summed E-state index contributed by atoms with van der Waals surface area (Å²) in [5.41, 5.74) is 1.38. The fourth-order valence-corrected chi connectivity index (χ4v) is 1.92. The predicted octanol–water partition coefficient (Wildman–Crippen LogP) is 2.42. The van der Waals surface area contributed by atoms with Gasteiger partial charge in [-0.1, -0.05) is 11.6 Å². The lowest BCUT2D eigenvalue weighted by Gasteiger charge is -2.03. The molecule has 0 aliphatic carbocycles. The molecule has 0 saturated heterocycles. The number of H-pyrrole nitrogens is 1. The van der Waals surface area contributed by atoms with Gasteiger partial charge in [0.25, 0.3) is 0 Å². The molecular formula is C11H8ClNO3. The minimum absolute atomic E-state index is 0.229. The van der Waals surface area contributed by atoms with Gasteiger partial charge in [-0.25, -0.2) is 4.79 Å². The first-order valence-corrected chi connectivity index (χ1v) is 4.90. The Morgan fingerprint density at radius 3 is 2.88 bits per heavy atom. The van der Waals surface area contributed by atoms with Crippen LogP contribution in [0.3, 0.4) is 0 Å². The van der Waals surface area contributed by atoms with Gasteiger partial charge in [0.1, 0.15) is 0 Å². The van der Waals surface area contributed by atoms with E-state index in [9.17, 15) is 9.59 Å². The van der Waals surface area contributed by atoms with E-state index < -0.39 is 5.97 Å². The Hall–Kier alpha value is -1.81. The van der Waals surface area contributed by atoms with E-state index in [-0.39, 0.29) is 10.6 Å². The van der Waals surface area contributed by atoms with Gasteiger partial charge in [0.15, 0.2) is 6.29 Å². The number of halogens is 1. The molecule has 0 amide bonds. The highest BCUT2D eigenvalue weighted by atomic mass is 35.5. The summed E-state index contributed by atoms with van der Waals surface area (Å²) in [7, 11) is 1.28. The number of hydrogen-bond donors (Lipinski definition) is 1. The van der Waals surface area contributed by atoms with Gasteiger partial charge in [0, 0.05) is 22.7 Å². The largest absolute Gasteiger partial charge is 0.465 e. The van der Waals surface area contributed by atoms with Crippen molar-refractivity contribution in [3.05, 3.63) is 34.5 Å². The average Bonchev–Trinajstić information content (AvgIpc) is 2.72. The number of benzene rings is 1. The molecule has 0 spiro atoms. The van der Waals surface area contributed by atoms with Crippen molar-refractivity contribution in [2.75, 3.05) is 7.11 Å². The molecule has 2 rings (SSSR count). The maximum absolute atomic E-state index is 11.4. The third-order valence-electron chi connectivity index (χ3n) is 2.35. The highest BCUT2D eigenvalue weighted by Gasteiger charge is 2.16. The second-order valence-corrected chi connectivity index (χ2v) is 3.58. The summed E-state index contributed by atoms with van der Waals surface area (Å²) >= 11 is 6.06. The predicted molar refractivity (Wildman–Crippen MR) is 60.0 cm³/mol. The summed E-state index contributed by atoms with van der Waals surface area (Å²) in [6.45, 7) is 0. The molecule has 2 aromatic rings. The van der Waals surface area contributed by atoms with E-state index in [0.717, 1.165) is 0 Å². The maximum Gasteiger partial charge on any atom is 0.339 e. The molecular weight excluding hydrogens is 230 g/mol. The van der Waals surface area contributed by atoms with Gasteiger partial charge in [0.05, 0.1) is 17.7 Å². The van der Waals surface area contributed by atoms with E-state index in [1.54, 1.807) is 18.3 Å². The summed E-state index contributed by atoms with van der Waals surface area (Å²) < 4.78 is 4.59. The number of carbonyl (C=O) groups excluding carboxylic acids is 2. The molecule has 0 fully saturated rings. The van der Waals surface area contributed by atoms with Gasteiger partial charge in [-0.15, -0.1) is 0 Å². The normalized spacial score (nSPS) is 10.4. The van der Waals surface area contributed by atoms with Crippen LogP contribution in [-0.2, 0) is 4.74 Å². The van der Waals surface area contributed by atoms with E-state index in [4.69, 9.17) is 11.6 Å². The van der Waals surface area contributed by atoms with E-state index in [0.29, 0.717) is 22.8 Å².